The quantitative estimate of drug-likeness (QED) is 0.664. The fourth-order valence-corrected chi connectivity index (χ4v) is 2.29. The van der Waals surface area contributed by atoms with E-state index in [2.05, 4.69) is 5.32 Å². The van der Waals surface area contributed by atoms with Gasteiger partial charge in [0.2, 0.25) is 0 Å². The molecule has 0 fully saturated rings. The van der Waals surface area contributed by atoms with Gasteiger partial charge in [-0.2, -0.15) is 0 Å². The number of anilines is 1. The molecule has 0 saturated heterocycles. The first-order valence-corrected chi connectivity index (χ1v) is 6.74. The number of methoxy groups -OCH3 is 1. The predicted molar refractivity (Wildman–Crippen MR) is 79.1 cm³/mol. The second-order valence-electron chi connectivity index (χ2n) is 4.02. The third kappa shape index (κ3) is 3.45. The van der Waals surface area contributed by atoms with E-state index in [1.54, 1.807) is 13.3 Å². The van der Waals surface area contributed by atoms with Crippen LogP contribution in [-0.4, -0.2) is 12.9 Å². The van der Waals surface area contributed by atoms with Crippen molar-refractivity contribution >= 4 is 22.8 Å². The Labute approximate surface area is 116 Å². The molecule has 0 atom stereocenters. The van der Waals surface area contributed by atoms with E-state index in [1.165, 1.54) is 17.4 Å². The molecule has 1 N–H and O–H groups in total. The van der Waals surface area contributed by atoms with Gasteiger partial charge in [-0.25, -0.2) is 0 Å². The molecule has 0 saturated carbocycles. The van der Waals surface area contributed by atoms with Crippen LogP contribution in [0.25, 0.3) is 0 Å². The van der Waals surface area contributed by atoms with Crippen molar-refractivity contribution in [3.63, 3.8) is 0 Å². The van der Waals surface area contributed by atoms with Crippen molar-refractivity contribution in [3.05, 3.63) is 58.4 Å². The minimum Gasteiger partial charge on any atom is -0.495 e. The summed E-state index contributed by atoms with van der Waals surface area (Å²) in [7, 11) is 1.62. The maximum Gasteiger partial charge on any atom is 0.197 e. The van der Waals surface area contributed by atoms with E-state index in [1.807, 2.05) is 42.6 Å². The third-order valence-electron chi connectivity index (χ3n) is 2.59. The number of nitrogens with one attached hydrogen (secondary N) is 1. The van der Waals surface area contributed by atoms with Crippen LogP contribution >= 0.6 is 11.3 Å². The Hall–Kier alpha value is -2.07. The number of rotatable bonds is 5. The molecule has 0 aliphatic carbocycles. The standard InChI is InChI=1S/C15H15NO2S/c1-11-5-6-14(18-2)12(10-11)16-8-7-13(17)15-4-3-9-19-15/h3-10,16H,1-2H3/b8-7+. The fraction of sp³-hybridized carbons (Fsp3) is 0.133. The lowest BCUT2D eigenvalue weighted by Gasteiger charge is -2.08. The van der Waals surface area contributed by atoms with Gasteiger partial charge in [0, 0.05) is 12.3 Å². The van der Waals surface area contributed by atoms with Gasteiger partial charge in [0.1, 0.15) is 5.75 Å². The molecular formula is C15H15NO2S. The zero-order valence-corrected chi connectivity index (χ0v) is 11.7. The van der Waals surface area contributed by atoms with Crippen molar-refractivity contribution < 1.29 is 9.53 Å². The molecule has 2 aromatic rings. The number of ketones is 1. The summed E-state index contributed by atoms with van der Waals surface area (Å²) in [5.74, 6) is 0.743. The number of carbonyl (C=O) groups is 1. The number of hydrogen-bond acceptors (Lipinski definition) is 4. The zero-order valence-electron chi connectivity index (χ0n) is 10.8. The number of thiophene rings is 1. The summed E-state index contributed by atoms with van der Waals surface area (Å²) < 4.78 is 5.25. The minimum absolute atomic E-state index is 0.00544. The Bertz CT molecular complexity index is 588. The van der Waals surface area contributed by atoms with Crippen LogP contribution in [0.3, 0.4) is 0 Å². The molecule has 2 rings (SSSR count). The van der Waals surface area contributed by atoms with Gasteiger partial charge in [-0.1, -0.05) is 12.1 Å². The molecule has 1 aromatic carbocycles. The lowest BCUT2D eigenvalue weighted by Crippen LogP contribution is -1.96. The summed E-state index contributed by atoms with van der Waals surface area (Å²) in [6, 6.07) is 9.52. The first kappa shape index (κ1) is 13.4. The highest BCUT2D eigenvalue weighted by atomic mass is 32.1. The first-order valence-electron chi connectivity index (χ1n) is 5.86. The van der Waals surface area contributed by atoms with Crippen LogP contribution in [0.15, 0.2) is 48.0 Å². The summed E-state index contributed by atoms with van der Waals surface area (Å²) in [5.41, 5.74) is 1.97. The Morgan fingerprint density at radius 1 is 1.37 bits per heavy atom. The van der Waals surface area contributed by atoms with Gasteiger partial charge in [-0.05, 0) is 36.1 Å². The Morgan fingerprint density at radius 3 is 2.89 bits per heavy atom. The molecule has 1 heterocycles. The summed E-state index contributed by atoms with van der Waals surface area (Å²) in [5, 5.41) is 4.96. The third-order valence-corrected chi connectivity index (χ3v) is 3.48. The molecule has 1 aromatic heterocycles. The van der Waals surface area contributed by atoms with Gasteiger partial charge in [0.05, 0.1) is 17.7 Å². The lowest BCUT2D eigenvalue weighted by atomic mass is 10.2. The number of benzene rings is 1. The maximum atomic E-state index is 11.8. The Morgan fingerprint density at radius 2 is 2.21 bits per heavy atom. The van der Waals surface area contributed by atoms with Gasteiger partial charge in [-0.3, -0.25) is 4.79 Å². The summed E-state index contributed by atoms with van der Waals surface area (Å²) in [4.78, 5) is 12.5. The Balaban J connectivity index is 2.06. The Kier molecular flexibility index (Phi) is 4.36. The second-order valence-corrected chi connectivity index (χ2v) is 4.97. The molecule has 0 unspecified atom stereocenters. The highest BCUT2D eigenvalue weighted by molar-refractivity contribution is 7.12. The average Bonchev–Trinajstić information content (AvgIpc) is 2.93. The lowest BCUT2D eigenvalue weighted by molar-refractivity contribution is 0.105. The number of ether oxygens (including phenoxy) is 1. The van der Waals surface area contributed by atoms with Gasteiger partial charge < -0.3 is 10.1 Å². The minimum atomic E-state index is -0.00544. The molecule has 19 heavy (non-hydrogen) atoms. The molecule has 98 valence electrons. The molecule has 0 spiro atoms. The fourth-order valence-electron chi connectivity index (χ4n) is 1.64. The largest absolute Gasteiger partial charge is 0.495 e. The molecule has 0 radical (unpaired) electrons. The van der Waals surface area contributed by atoms with Crippen molar-refractivity contribution in [2.45, 2.75) is 6.92 Å². The number of carbonyl (C=O) groups excluding carboxylic acids is 1. The van der Waals surface area contributed by atoms with Crippen LogP contribution in [0.4, 0.5) is 5.69 Å². The van der Waals surface area contributed by atoms with E-state index >= 15 is 0 Å². The molecule has 3 nitrogen and oxygen atoms in total. The maximum absolute atomic E-state index is 11.8. The van der Waals surface area contributed by atoms with Gasteiger partial charge >= 0.3 is 0 Å². The number of hydrogen-bond donors (Lipinski definition) is 1. The average molecular weight is 273 g/mol. The number of allylic oxidation sites excluding steroid dienone is 1. The smallest absolute Gasteiger partial charge is 0.197 e. The van der Waals surface area contributed by atoms with Crippen LogP contribution < -0.4 is 10.1 Å². The monoisotopic (exact) mass is 273 g/mol. The van der Waals surface area contributed by atoms with E-state index in [0.717, 1.165) is 21.9 Å². The van der Waals surface area contributed by atoms with Crippen LogP contribution in [0.5, 0.6) is 5.75 Å². The first-order chi connectivity index (χ1) is 9.20. The highest BCUT2D eigenvalue weighted by Crippen LogP contribution is 2.25. The summed E-state index contributed by atoms with van der Waals surface area (Å²) in [6.07, 6.45) is 3.16. The molecule has 0 aliphatic heterocycles. The zero-order chi connectivity index (χ0) is 13.7. The molecule has 0 amide bonds. The number of aryl methyl sites for hydroxylation is 1. The van der Waals surface area contributed by atoms with Crippen LogP contribution in [-0.2, 0) is 0 Å². The van der Waals surface area contributed by atoms with E-state index in [9.17, 15) is 4.79 Å². The topological polar surface area (TPSA) is 38.3 Å². The van der Waals surface area contributed by atoms with Crippen molar-refractivity contribution in [3.8, 4) is 5.75 Å². The highest BCUT2D eigenvalue weighted by Gasteiger charge is 2.03. The molecular weight excluding hydrogens is 258 g/mol. The van der Waals surface area contributed by atoms with Gasteiger partial charge in [0.25, 0.3) is 0 Å². The van der Waals surface area contributed by atoms with Crippen molar-refractivity contribution in [2.75, 3.05) is 12.4 Å². The van der Waals surface area contributed by atoms with Crippen molar-refractivity contribution in [2.24, 2.45) is 0 Å². The van der Waals surface area contributed by atoms with E-state index in [-0.39, 0.29) is 5.78 Å². The van der Waals surface area contributed by atoms with E-state index < -0.39 is 0 Å². The van der Waals surface area contributed by atoms with Gasteiger partial charge in [-0.15, -0.1) is 11.3 Å². The van der Waals surface area contributed by atoms with Crippen LogP contribution in [0.1, 0.15) is 15.2 Å². The molecule has 0 aliphatic rings. The SMILES string of the molecule is COc1ccc(C)cc1N/C=C/C(=O)c1cccs1. The van der Waals surface area contributed by atoms with Gasteiger partial charge in [0.15, 0.2) is 5.78 Å². The molecule has 4 heteroatoms. The van der Waals surface area contributed by atoms with Crippen molar-refractivity contribution in [1.82, 2.24) is 0 Å². The van der Waals surface area contributed by atoms with Crippen LogP contribution in [0.2, 0.25) is 0 Å². The van der Waals surface area contributed by atoms with E-state index in [0.29, 0.717) is 0 Å². The normalized spacial score (nSPS) is 10.6. The molecule has 0 bridgehead atoms. The van der Waals surface area contributed by atoms with Crippen LogP contribution in [0, 0.1) is 6.92 Å². The predicted octanol–water partition coefficient (Wildman–Crippen LogP) is 3.87. The summed E-state index contributed by atoms with van der Waals surface area (Å²) >= 11 is 1.43. The van der Waals surface area contributed by atoms with E-state index in [4.69, 9.17) is 4.74 Å². The summed E-state index contributed by atoms with van der Waals surface area (Å²) in [6.45, 7) is 2.01. The second kappa shape index (κ2) is 6.20. The van der Waals surface area contributed by atoms with Crippen molar-refractivity contribution in [1.29, 1.82) is 0 Å².